The van der Waals surface area contributed by atoms with E-state index in [1.807, 2.05) is 25.4 Å². The number of aromatic nitrogens is 1. The first-order valence-corrected chi connectivity index (χ1v) is 7.67. The van der Waals surface area contributed by atoms with Crippen LogP contribution in [-0.4, -0.2) is 31.1 Å². The molecule has 0 unspecified atom stereocenters. The normalized spacial score (nSPS) is 20.6. The zero-order valence-electron chi connectivity index (χ0n) is 12.2. The summed E-state index contributed by atoms with van der Waals surface area (Å²) in [5.41, 5.74) is 1.73. The van der Waals surface area contributed by atoms with Gasteiger partial charge in [0, 0.05) is 38.4 Å². The quantitative estimate of drug-likeness (QED) is 0.615. The minimum Gasteiger partial charge on any atom is -0.356 e. The Hall–Kier alpha value is -1.58. The maximum absolute atomic E-state index is 4.33. The third-order valence-corrected chi connectivity index (χ3v) is 4.57. The first-order chi connectivity index (χ1) is 9.82. The lowest BCUT2D eigenvalue weighted by Crippen LogP contribution is -2.41. The zero-order valence-corrected chi connectivity index (χ0v) is 12.2. The van der Waals surface area contributed by atoms with E-state index < -0.39 is 0 Å². The lowest BCUT2D eigenvalue weighted by molar-refractivity contribution is 0.431. The van der Waals surface area contributed by atoms with Crippen LogP contribution in [0.1, 0.15) is 31.4 Å². The Kier molecular flexibility index (Phi) is 3.90. The Labute approximate surface area is 121 Å². The second-order valence-electron chi connectivity index (χ2n) is 6.06. The number of rotatable bonds is 6. The van der Waals surface area contributed by atoms with E-state index in [9.17, 15) is 0 Å². The molecule has 0 bridgehead atoms. The molecule has 3 rings (SSSR count). The molecule has 0 radical (unpaired) electrons. The summed E-state index contributed by atoms with van der Waals surface area (Å²) in [5, 5.41) is 6.87. The molecule has 0 saturated heterocycles. The Bertz CT molecular complexity index is 461. The van der Waals surface area contributed by atoms with E-state index in [-0.39, 0.29) is 0 Å². The van der Waals surface area contributed by atoms with E-state index in [4.69, 9.17) is 0 Å². The minimum absolute atomic E-state index is 0.610. The van der Waals surface area contributed by atoms with Crippen molar-refractivity contribution in [2.24, 2.45) is 16.3 Å². The van der Waals surface area contributed by atoms with Gasteiger partial charge in [0.2, 0.25) is 0 Å². The molecule has 4 nitrogen and oxygen atoms in total. The highest BCUT2D eigenvalue weighted by Crippen LogP contribution is 2.60. The van der Waals surface area contributed by atoms with E-state index in [2.05, 4.69) is 26.7 Å². The Morgan fingerprint density at radius 2 is 2.20 bits per heavy atom. The lowest BCUT2D eigenvalue weighted by atomic mass is 10.0. The molecular formula is C16H24N4. The topological polar surface area (TPSA) is 49.3 Å². The second kappa shape index (κ2) is 5.81. The summed E-state index contributed by atoms with van der Waals surface area (Å²) in [5.74, 6) is 1.91. The van der Waals surface area contributed by atoms with Crippen molar-refractivity contribution < 1.29 is 0 Å². The molecule has 0 amide bonds. The summed E-state index contributed by atoms with van der Waals surface area (Å²) in [7, 11) is 1.84. The van der Waals surface area contributed by atoms with Crippen molar-refractivity contribution in [2.75, 3.05) is 20.1 Å². The number of nitrogens with one attached hydrogen (secondary N) is 2. The van der Waals surface area contributed by atoms with Gasteiger partial charge in [-0.3, -0.25) is 9.98 Å². The van der Waals surface area contributed by atoms with Crippen molar-refractivity contribution in [3.05, 3.63) is 30.1 Å². The molecule has 2 saturated carbocycles. The molecule has 2 aliphatic rings. The number of hydrogen-bond acceptors (Lipinski definition) is 2. The van der Waals surface area contributed by atoms with Crippen LogP contribution in [0, 0.1) is 11.3 Å². The van der Waals surface area contributed by atoms with E-state index in [0.29, 0.717) is 5.41 Å². The molecule has 20 heavy (non-hydrogen) atoms. The number of pyridine rings is 1. The number of guanidine groups is 1. The maximum atomic E-state index is 4.33. The van der Waals surface area contributed by atoms with Gasteiger partial charge in [-0.15, -0.1) is 0 Å². The van der Waals surface area contributed by atoms with Gasteiger partial charge in [0.25, 0.3) is 0 Å². The highest BCUT2D eigenvalue weighted by Gasteiger charge is 2.53. The molecule has 0 spiro atoms. The van der Waals surface area contributed by atoms with Gasteiger partial charge in [0.1, 0.15) is 0 Å². The van der Waals surface area contributed by atoms with Gasteiger partial charge >= 0.3 is 0 Å². The SMILES string of the molecule is CN=C(NCCc1ccccn1)NCC1(C2CC2)CC1. The van der Waals surface area contributed by atoms with Crippen LogP contribution in [0.4, 0.5) is 0 Å². The molecule has 4 heteroatoms. The van der Waals surface area contributed by atoms with Crippen LogP contribution in [0.15, 0.2) is 29.4 Å². The summed E-state index contributed by atoms with van der Waals surface area (Å²) in [4.78, 5) is 8.63. The summed E-state index contributed by atoms with van der Waals surface area (Å²) in [6.45, 7) is 1.95. The fourth-order valence-electron chi connectivity index (χ4n) is 2.92. The molecule has 2 fully saturated rings. The van der Waals surface area contributed by atoms with Crippen LogP contribution in [0.5, 0.6) is 0 Å². The van der Waals surface area contributed by atoms with Crippen molar-refractivity contribution in [3.63, 3.8) is 0 Å². The molecule has 1 heterocycles. The number of hydrogen-bond donors (Lipinski definition) is 2. The molecule has 1 aromatic heterocycles. The van der Waals surface area contributed by atoms with Gasteiger partial charge in [-0.05, 0) is 49.1 Å². The lowest BCUT2D eigenvalue weighted by Gasteiger charge is -2.18. The summed E-state index contributed by atoms with van der Waals surface area (Å²) >= 11 is 0. The Morgan fingerprint density at radius 3 is 2.80 bits per heavy atom. The number of aliphatic imine (C=N–C) groups is 1. The Balaban J connectivity index is 1.39. The van der Waals surface area contributed by atoms with Gasteiger partial charge in [0.15, 0.2) is 5.96 Å². The van der Waals surface area contributed by atoms with E-state index >= 15 is 0 Å². The van der Waals surface area contributed by atoms with Crippen molar-refractivity contribution in [1.82, 2.24) is 15.6 Å². The van der Waals surface area contributed by atoms with Crippen molar-refractivity contribution in [3.8, 4) is 0 Å². The molecule has 0 aliphatic heterocycles. The smallest absolute Gasteiger partial charge is 0.191 e. The summed E-state index contributed by atoms with van der Waals surface area (Å²) in [6.07, 6.45) is 8.44. The van der Waals surface area contributed by atoms with Crippen LogP contribution in [-0.2, 0) is 6.42 Å². The second-order valence-corrected chi connectivity index (χ2v) is 6.06. The van der Waals surface area contributed by atoms with Crippen molar-refractivity contribution >= 4 is 5.96 Å². The third-order valence-electron chi connectivity index (χ3n) is 4.57. The van der Waals surface area contributed by atoms with Gasteiger partial charge in [-0.2, -0.15) is 0 Å². The monoisotopic (exact) mass is 272 g/mol. The first-order valence-electron chi connectivity index (χ1n) is 7.67. The summed E-state index contributed by atoms with van der Waals surface area (Å²) < 4.78 is 0. The van der Waals surface area contributed by atoms with Crippen LogP contribution >= 0.6 is 0 Å². The predicted molar refractivity (Wildman–Crippen MR) is 81.7 cm³/mol. The highest BCUT2D eigenvalue weighted by atomic mass is 15.2. The fourth-order valence-corrected chi connectivity index (χ4v) is 2.92. The average molecular weight is 272 g/mol. The van der Waals surface area contributed by atoms with Crippen molar-refractivity contribution in [1.29, 1.82) is 0 Å². The van der Waals surface area contributed by atoms with Gasteiger partial charge in [0.05, 0.1) is 0 Å². The molecular weight excluding hydrogens is 248 g/mol. The van der Waals surface area contributed by atoms with Crippen LogP contribution in [0.3, 0.4) is 0 Å². The third kappa shape index (κ3) is 3.30. The van der Waals surface area contributed by atoms with E-state index in [1.165, 1.54) is 25.7 Å². The van der Waals surface area contributed by atoms with Gasteiger partial charge in [-0.1, -0.05) is 6.07 Å². The van der Waals surface area contributed by atoms with Gasteiger partial charge in [-0.25, -0.2) is 0 Å². The number of nitrogens with zero attached hydrogens (tertiary/aromatic N) is 2. The standard InChI is InChI=1S/C16H24N4/c1-17-15(19-11-7-14-4-2-3-10-18-14)20-12-16(8-9-16)13-5-6-13/h2-4,10,13H,5-9,11-12H2,1H3,(H2,17,19,20). The van der Waals surface area contributed by atoms with Crippen LogP contribution in [0.25, 0.3) is 0 Å². The Morgan fingerprint density at radius 1 is 1.35 bits per heavy atom. The van der Waals surface area contributed by atoms with E-state index in [0.717, 1.165) is 37.1 Å². The molecule has 0 atom stereocenters. The molecule has 0 aromatic carbocycles. The van der Waals surface area contributed by atoms with E-state index in [1.54, 1.807) is 0 Å². The predicted octanol–water partition coefficient (Wildman–Crippen LogP) is 1.98. The van der Waals surface area contributed by atoms with Gasteiger partial charge < -0.3 is 10.6 Å². The van der Waals surface area contributed by atoms with Crippen LogP contribution in [0.2, 0.25) is 0 Å². The maximum Gasteiger partial charge on any atom is 0.191 e. The highest BCUT2D eigenvalue weighted by molar-refractivity contribution is 5.79. The largest absolute Gasteiger partial charge is 0.356 e. The minimum atomic E-state index is 0.610. The molecule has 2 aliphatic carbocycles. The van der Waals surface area contributed by atoms with Crippen molar-refractivity contribution in [2.45, 2.75) is 32.1 Å². The molecule has 108 valence electrons. The van der Waals surface area contributed by atoms with Crippen LogP contribution < -0.4 is 10.6 Å². The fraction of sp³-hybridized carbons (Fsp3) is 0.625. The summed E-state index contributed by atoms with van der Waals surface area (Å²) in [6, 6.07) is 6.04. The molecule has 1 aromatic rings. The average Bonchev–Trinajstić information content (AvgIpc) is 3.37. The zero-order chi connectivity index (χ0) is 13.8. The first kappa shape index (κ1) is 13.4. The molecule has 2 N–H and O–H groups in total.